The van der Waals surface area contributed by atoms with Gasteiger partial charge >= 0.3 is 5.97 Å². The van der Waals surface area contributed by atoms with Crippen LogP contribution in [0.1, 0.15) is 295 Å². The highest BCUT2D eigenvalue weighted by Gasteiger charge is 2.31. The van der Waals surface area contributed by atoms with Crippen LogP contribution in [-0.2, 0) is 35.2 Å². The van der Waals surface area contributed by atoms with Gasteiger partial charge in [-0.05, 0) is 132 Å². The summed E-state index contributed by atoms with van der Waals surface area (Å²) in [5, 5.41) is 30.7. The summed E-state index contributed by atoms with van der Waals surface area (Å²) in [7, 11) is 4.05. The van der Waals surface area contributed by atoms with Gasteiger partial charge in [0.1, 0.15) is 35.0 Å². The van der Waals surface area contributed by atoms with Gasteiger partial charge < -0.3 is 15.3 Å². The number of rotatable bonds is 28. The Morgan fingerprint density at radius 1 is 0.586 bits per heavy atom. The summed E-state index contributed by atoms with van der Waals surface area (Å²) in [6.07, 6.45) is 32.6. The maximum Gasteiger partial charge on any atom is 0.321 e. The predicted molar refractivity (Wildman–Crippen MR) is 379 cm³/mol. The van der Waals surface area contributed by atoms with Gasteiger partial charge in [0.25, 0.3) is 0 Å². The van der Waals surface area contributed by atoms with Crippen molar-refractivity contribution in [1.82, 2.24) is 5.32 Å². The number of carbonyl (C=O) groups excluding carboxylic acids is 5. The van der Waals surface area contributed by atoms with Crippen molar-refractivity contribution in [2.45, 2.75) is 312 Å². The summed E-state index contributed by atoms with van der Waals surface area (Å²) >= 11 is 0. The third kappa shape index (κ3) is 53.8. The van der Waals surface area contributed by atoms with Crippen LogP contribution in [0, 0.1) is 38.4 Å². The highest BCUT2D eigenvalue weighted by molar-refractivity contribution is 8.77. The molecule has 0 saturated carbocycles. The van der Waals surface area contributed by atoms with E-state index in [0.29, 0.717) is 70.3 Å². The molecule has 504 valence electrons. The molecule has 0 radical (unpaired) electrons. The fourth-order valence-electron chi connectivity index (χ4n) is 8.28. The monoisotopic (exact) mass is 1260 g/mol. The van der Waals surface area contributed by atoms with E-state index in [1.165, 1.54) is 37.1 Å². The van der Waals surface area contributed by atoms with Crippen LogP contribution in [0.15, 0.2) is 66.8 Å². The number of unbranched alkanes of at least 4 members (excludes halogenated alkanes) is 1. The zero-order chi connectivity index (χ0) is 68.7. The number of aliphatic carboxylic acids is 1. The maximum atomic E-state index is 12.0. The number of ketones is 5. The number of phenolic OH excluding ortho intramolecular Hbond substituents is 2. The summed E-state index contributed by atoms with van der Waals surface area (Å²) in [4.78, 5) is 69.3. The van der Waals surface area contributed by atoms with E-state index in [-0.39, 0.29) is 56.5 Å². The first-order chi connectivity index (χ1) is 39.5. The van der Waals surface area contributed by atoms with Crippen LogP contribution < -0.4 is 5.32 Å². The lowest BCUT2D eigenvalue weighted by molar-refractivity contribution is -0.140. The van der Waals surface area contributed by atoms with Crippen molar-refractivity contribution < 1.29 is 44.1 Å². The molecule has 0 spiro atoms. The molecule has 0 unspecified atom stereocenters. The van der Waals surface area contributed by atoms with Crippen molar-refractivity contribution in [3.8, 4) is 11.5 Å². The van der Waals surface area contributed by atoms with Crippen molar-refractivity contribution >= 4 is 56.5 Å². The van der Waals surface area contributed by atoms with Crippen LogP contribution >= 0.6 is 21.6 Å². The molecule has 0 amide bonds. The highest BCUT2D eigenvalue weighted by Crippen LogP contribution is 2.49. The van der Waals surface area contributed by atoms with Gasteiger partial charge in [-0.3, -0.25) is 34.1 Å². The zero-order valence-electron chi connectivity index (χ0n) is 60.5. The number of hydrogen-bond acceptors (Lipinski definition) is 11. The molecule has 1 fully saturated rings. The van der Waals surface area contributed by atoms with E-state index >= 15 is 0 Å². The van der Waals surface area contributed by atoms with E-state index in [2.05, 4.69) is 127 Å². The molecule has 0 aliphatic carbocycles. The number of carboxylic acid groups (broad SMARTS) is 1. The van der Waals surface area contributed by atoms with Gasteiger partial charge in [-0.15, -0.1) is 0 Å². The predicted octanol–water partition coefficient (Wildman–Crippen LogP) is 21.2. The van der Waals surface area contributed by atoms with Crippen molar-refractivity contribution in [3.63, 3.8) is 0 Å². The van der Waals surface area contributed by atoms with E-state index in [1.54, 1.807) is 6.07 Å². The Balaban J connectivity index is -0.000000480. The molecule has 2 atom stereocenters. The van der Waals surface area contributed by atoms with E-state index in [4.69, 9.17) is 5.11 Å². The molecule has 10 nitrogen and oxygen atoms in total. The Kier molecular flexibility index (Phi) is 46.1. The summed E-state index contributed by atoms with van der Waals surface area (Å²) in [6.45, 7) is 53.5. The number of allylic oxidation sites excluding steroid dienone is 8. The molecule has 1 aromatic rings. The second kappa shape index (κ2) is 44.7. The summed E-state index contributed by atoms with van der Waals surface area (Å²) < 4.78 is 0.485. The summed E-state index contributed by atoms with van der Waals surface area (Å²) in [5.41, 5.74) is 0.272. The third-order valence-corrected chi connectivity index (χ3v) is 17.0. The van der Waals surface area contributed by atoms with Gasteiger partial charge in [0, 0.05) is 76.7 Å². The Hall–Kier alpha value is -3.74. The fraction of sp³-hybridized carbons (Fsp3) is 0.733. The third-order valence-electron chi connectivity index (χ3n) is 13.6. The molecule has 1 saturated heterocycles. The number of nitrogens with one attached hydrogen (secondary N) is 1. The van der Waals surface area contributed by atoms with Crippen molar-refractivity contribution in [3.05, 3.63) is 72.4 Å². The smallest absolute Gasteiger partial charge is 0.321 e. The van der Waals surface area contributed by atoms with Crippen LogP contribution in [0.3, 0.4) is 0 Å². The molecule has 87 heavy (non-hydrogen) atoms. The molecule has 0 aromatic heterocycles. The quantitative estimate of drug-likeness (QED) is 0.0271. The SMILES string of the molecule is CC(C)(C)CCC(=O)CCCC[C@]1(C)CCSS1.CC(C)(C)N[C@@H](Cc1ccc(O)c(O)c1)C(=O)O.CC/C=C\CC(=O)C(C)(C)C.CC/C=C\CC(=O)CC(C)(C)C.CC/C=C\CC(C)(C)C(=O)C(C)C.CC/C=C\CC(C)(C)C(=O)CC(C)(C)C. The normalized spacial score (nSPS) is 15.3. The Morgan fingerprint density at radius 2 is 1.07 bits per heavy atom. The molecule has 2 rings (SSSR count). The molecule has 12 heteroatoms. The highest BCUT2D eigenvalue weighted by atomic mass is 33.1. The van der Waals surface area contributed by atoms with E-state index in [9.17, 15) is 39.0 Å². The number of hydrogen-bond donors (Lipinski definition) is 4. The van der Waals surface area contributed by atoms with Crippen LogP contribution in [0.25, 0.3) is 0 Å². The molecular weight excluding hydrogens is 1120 g/mol. The molecule has 1 heterocycles. The van der Waals surface area contributed by atoms with Crippen LogP contribution in [0.5, 0.6) is 11.5 Å². The van der Waals surface area contributed by atoms with Crippen LogP contribution in [0.2, 0.25) is 0 Å². The number of Topliss-reactive ketones (excluding diaryl/α,β-unsaturated/α-hetero) is 5. The van der Waals surface area contributed by atoms with Crippen LogP contribution in [0.4, 0.5) is 0 Å². The molecule has 1 aliphatic heterocycles. The van der Waals surface area contributed by atoms with Gasteiger partial charge in [0.05, 0.1) is 0 Å². The first-order valence-corrected chi connectivity index (χ1v) is 34.9. The van der Waals surface area contributed by atoms with Gasteiger partial charge in [-0.25, -0.2) is 0 Å². The Labute approximate surface area is 542 Å². The molecular formula is C75H133NO9S2. The maximum absolute atomic E-state index is 12.0. The lowest BCUT2D eigenvalue weighted by atomic mass is 9.77. The van der Waals surface area contributed by atoms with Gasteiger partial charge in [0.15, 0.2) is 11.5 Å². The molecule has 1 aliphatic rings. The van der Waals surface area contributed by atoms with Crippen molar-refractivity contribution in [2.24, 2.45) is 38.4 Å². The number of aromatic hydroxyl groups is 2. The number of carboxylic acids is 1. The fourth-order valence-corrected chi connectivity index (χ4v) is 11.6. The van der Waals surface area contributed by atoms with Gasteiger partial charge in [0.2, 0.25) is 0 Å². The standard InChI is InChI=1S/C15H28OS2.C14H26O.C13H19NO4.C12H22O.C11H20O.C10H18O/c1-14(2,3)10-8-13(16)7-5-6-9-15(4)11-12-17-18-15;1-7-8-9-10-14(5,6)12(15)11-13(2,3)4;1-13(2,3)14-9(12(17)18)6-8-4-5-10(15)11(16)7-8;1-6-7-8-9-12(4,5)11(13)10(2)3;1-5-6-7-8-10(12)9-11(2,3)4;1-5-6-7-8-9(11)10(2,3)4/h5-12H2,1-4H3;8-9H,7,10-11H2,1-6H3;4-5,7,9,14-16H,6H2,1-3H3,(H,17,18);7-8,10H,6,9H2,1-5H3;6-7H,5,8-9H2,1-4H3;6-7H,5,8H2,1-4H3/b;9-8-;;8-7-;2*7-6-/t15-;;9-;;;/m1.0.../s1. The average molecular weight is 1260 g/mol. The minimum absolute atomic E-state index is 0.100. The largest absolute Gasteiger partial charge is 0.504 e. The van der Waals surface area contributed by atoms with Crippen LogP contribution in [-0.4, -0.2) is 72.3 Å². The minimum atomic E-state index is -0.947. The topological polar surface area (TPSA) is 175 Å². The Morgan fingerprint density at radius 3 is 1.47 bits per heavy atom. The first kappa shape index (κ1) is 89.7. The molecule has 1 aromatic carbocycles. The van der Waals surface area contributed by atoms with Crippen molar-refractivity contribution in [2.75, 3.05) is 5.75 Å². The lowest BCUT2D eigenvalue weighted by Gasteiger charge is -2.26. The van der Waals surface area contributed by atoms with Crippen molar-refractivity contribution in [1.29, 1.82) is 0 Å². The second-order valence-corrected chi connectivity index (χ2v) is 34.0. The Bertz CT molecular complexity index is 2230. The zero-order valence-corrected chi connectivity index (χ0v) is 62.2. The summed E-state index contributed by atoms with van der Waals surface area (Å²) in [6, 6.07) is 3.57. The number of carbonyl (C=O) groups is 6. The lowest BCUT2D eigenvalue weighted by Crippen LogP contribution is -2.48. The summed E-state index contributed by atoms with van der Waals surface area (Å²) in [5.74, 6) is 1.87. The van der Waals surface area contributed by atoms with Gasteiger partial charge in [-0.1, -0.05) is 235 Å². The first-order valence-electron chi connectivity index (χ1n) is 32.6. The molecule has 4 N–H and O–H groups in total. The average Bonchev–Trinajstić information content (AvgIpc) is 3.52. The second-order valence-electron chi connectivity index (χ2n) is 31.0. The van der Waals surface area contributed by atoms with E-state index in [0.717, 1.165) is 64.2 Å². The minimum Gasteiger partial charge on any atom is -0.504 e. The number of benzene rings is 1. The van der Waals surface area contributed by atoms with E-state index in [1.807, 2.05) is 129 Å². The van der Waals surface area contributed by atoms with E-state index < -0.39 is 12.0 Å². The molecule has 0 bridgehead atoms. The van der Waals surface area contributed by atoms with Gasteiger partial charge in [-0.2, -0.15) is 0 Å². The number of phenols is 2.